The number of carbonyl (C=O) groups is 1. The molecule has 0 atom stereocenters. The van der Waals surface area contributed by atoms with Gasteiger partial charge < -0.3 is 5.32 Å². The molecule has 4 rings (SSSR count). The molecule has 0 spiro atoms. The van der Waals surface area contributed by atoms with Crippen LogP contribution in [0.1, 0.15) is 5.56 Å². The van der Waals surface area contributed by atoms with Crippen molar-refractivity contribution in [2.45, 2.75) is 0 Å². The van der Waals surface area contributed by atoms with Gasteiger partial charge in [0.2, 0.25) is 0 Å². The highest BCUT2D eigenvalue weighted by molar-refractivity contribution is 14.1. The lowest BCUT2D eigenvalue weighted by atomic mass is 10.1. The molecule has 0 radical (unpaired) electrons. The van der Waals surface area contributed by atoms with Gasteiger partial charge in [0.1, 0.15) is 0 Å². The molecule has 1 amide bonds. The first-order valence-corrected chi connectivity index (χ1v) is 9.33. The van der Waals surface area contributed by atoms with Crippen LogP contribution in [0, 0.1) is 3.57 Å². The molecule has 0 unspecified atom stereocenters. The molecular weight excluding hydrogens is 447 g/mol. The number of fused-ring (bicyclic) bond motifs is 1. The van der Waals surface area contributed by atoms with Gasteiger partial charge in [-0.1, -0.05) is 12.1 Å². The summed E-state index contributed by atoms with van der Waals surface area (Å²) >= 11 is 3.50. The van der Waals surface area contributed by atoms with E-state index in [0.717, 1.165) is 20.0 Å². The van der Waals surface area contributed by atoms with Crippen LogP contribution >= 0.6 is 34.4 Å². The van der Waals surface area contributed by atoms with Gasteiger partial charge in [0.25, 0.3) is 5.91 Å². The number of carbonyl (C=O) groups excluding carboxylic acids is 1. The van der Waals surface area contributed by atoms with E-state index in [-0.39, 0.29) is 5.91 Å². The fraction of sp³-hybridized carbons (Fsp3) is 0. The molecule has 1 aliphatic rings. The van der Waals surface area contributed by atoms with E-state index in [1.807, 2.05) is 48.5 Å². The summed E-state index contributed by atoms with van der Waals surface area (Å²) in [5.41, 5.74) is 1.88. The van der Waals surface area contributed by atoms with E-state index in [1.165, 1.54) is 11.8 Å². The molecule has 3 heterocycles. The van der Waals surface area contributed by atoms with Crippen LogP contribution in [0.5, 0.6) is 0 Å². The Morgan fingerprint density at radius 3 is 2.92 bits per heavy atom. The van der Waals surface area contributed by atoms with E-state index in [0.29, 0.717) is 15.9 Å². The average Bonchev–Trinajstić information content (AvgIpc) is 2.96. The molecule has 7 heteroatoms. The van der Waals surface area contributed by atoms with Gasteiger partial charge in [-0.25, -0.2) is 9.98 Å². The number of hydrogen-bond acceptors (Lipinski definition) is 5. The van der Waals surface area contributed by atoms with Crippen molar-refractivity contribution in [1.82, 2.24) is 15.3 Å². The molecule has 1 aromatic carbocycles. The van der Waals surface area contributed by atoms with Crippen LogP contribution < -0.4 is 5.32 Å². The lowest BCUT2D eigenvalue weighted by Crippen LogP contribution is -2.19. The fourth-order valence-electron chi connectivity index (χ4n) is 2.35. The molecule has 1 fully saturated rings. The molecule has 0 bridgehead atoms. The smallest absolute Gasteiger partial charge is 0.264 e. The third kappa shape index (κ3) is 3.72. The molecule has 0 saturated carbocycles. The van der Waals surface area contributed by atoms with E-state index >= 15 is 0 Å². The van der Waals surface area contributed by atoms with Crippen molar-refractivity contribution in [1.29, 1.82) is 0 Å². The summed E-state index contributed by atoms with van der Waals surface area (Å²) < 4.78 is 1.04. The van der Waals surface area contributed by atoms with Crippen molar-refractivity contribution < 1.29 is 4.79 Å². The maximum absolute atomic E-state index is 12.2. The van der Waals surface area contributed by atoms with Crippen molar-refractivity contribution in [3.05, 3.63) is 68.9 Å². The molecule has 0 aliphatic carbocycles. The lowest BCUT2D eigenvalue weighted by Gasteiger charge is -1.99. The number of halogens is 1. The molecule has 1 aliphatic heterocycles. The Balaban J connectivity index is 1.60. The summed E-state index contributed by atoms with van der Waals surface area (Å²) in [5, 5.41) is 4.35. The second-order valence-corrected chi connectivity index (χ2v) is 7.55. The van der Waals surface area contributed by atoms with E-state index in [1.54, 1.807) is 12.4 Å². The number of aromatic nitrogens is 2. The quantitative estimate of drug-likeness (QED) is 0.464. The Bertz CT molecular complexity index is 1030. The van der Waals surface area contributed by atoms with Gasteiger partial charge >= 0.3 is 0 Å². The molecule has 1 saturated heterocycles. The van der Waals surface area contributed by atoms with Gasteiger partial charge in [-0.15, -0.1) is 0 Å². The SMILES string of the molecule is O=C1NC(=Nc2ccc(I)cn2)S/C1=C/c1ccc2ncccc2c1. The Morgan fingerprint density at radius 2 is 2.08 bits per heavy atom. The number of nitrogens with zero attached hydrogens (tertiary/aromatic N) is 3. The Kier molecular flexibility index (Phi) is 4.50. The standard InChI is InChI=1S/C18H11IN4OS/c19-13-4-6-16(21-10-13)22-18-23-17(24)15(25-18)9-11-3-5-14-12(8-11)2-1-7-20-14/h1-10H,(H,21,22,23,24)/b15-9+. The average molecular weight is 458 g/mol. The third-order valence-corrected chi connectivity index (χ3v) is 5.05. The number of aliphatic imine (C=N–C) groups is 1. The second kappa shape index (κ2) is 6.93. The predicted octanol–water partition coefficient (Wildman–Crippen LogP) is 4.13. The number of pyridine rings is 2. The Hall–Kier alpha value is -2.26. The van der Waals surface area contributed by atoms with Crippen molar-refractivity contribution in [3.63, 3.8) is 0 Å². The van der Waals surface area contributed by atoms with Crippen LogP contribution in [-0.2, 0) is 4.79 Å². The number of amidine groups is 1. The molecule has 5 nitrogen and oxygen atoms in total. The number of rotatable bonds is 2. The maximum Gasteiger partial charge on any atom is 0.264 e. The normalized spacial score (nSPS) is 17.4. The van der Waals surface area contributed by atoms with Gasteiger partial charge in [0, 0.05) is 21.4 Å². The number of thioether (sulfide) groups is 1. The van der Waals surface area contributed by atoms with E-state index in [4.69, 9.17) is 0 Å². The molecular formula is C18H11IN4OS. The second-order valence-electron chi connectivity index (χ2n) is 5.27. The minimum absolute atomic E-state index is 0.152. The van der Waals surface area contributed by atoms with Crippen molar-refractivity contribution in [2.24, 2.45) is 4.99 Å². The molecule has 3 aromatic rings. The van der Waals surface area contributed by atoms with Gasteiger partial charge in [-0.05, 0) is 76.3 Å². The third-order valence-electron chi connectivity index (χ3n) is 3.50. The summed E-state index contributed by atoms with van der Waals surface area (Å²) in [4.78, 5) is 25.7. The summed E-state index contributed by atoms with van der Waals surface area (Å²) in [7, 11) is 0. The van der Waals surface area contributed by atoms with Crippen LogP contribution in [0.4, 0.5) is 5.82 Å². The zero-order valence-corrected chi connectivity index (χ0v) is 15.8. The van der Waals surface area contributed by atoms with Gasteiger partial charge in [-0.3, -0.25) is 9.78 Å². The molecule has 1 N–H and O–H groups in total. The van der Waals surface area contributed by atoms with Gasteiger partial charge in [-0.2, -0.15) is 0 Å². The van der Waals surface area contributed by atoms with E-state index < -0.39 is 0 Å². The Morgan fingerprint density at radius 1 is 1.16 bits per heavy atom. The Labute approximate surface area is 161 Å². The van der Waals surface area contributed by atoms with Crippen molar-refractivity contribution >= 4 is 68.2 Å². The highest BCUT2D eigenvalue weighted by atomic mass is 127. The van der Waals surface area contributed by atoms with Crippen molar-refractivity contribution in [2.75, 3.05) is 0 Å². The van der Waals surface area contributed by atoms with E-state index in [9.17, 15) is 4.79 Å². The molecule has 122 valence electrons. The van der Waals surface area contributed by atoms with E-state index in [2.05, 4.69) is 42.9 Å². The minimum atomic E-state index is -0.152. The predicted molar refractivity (Wildman–Crippen MR) is 110 cm³/mol. The first kappa shape index (κ1) is 16.2. The fourth-order valence-corrected chi connectivity index (χ4v) is 3.50. The largest absolute Gasteiger partial charge is 0.300 e. The summed E-state index contributed by atoms with van der Waals surface area (Å²) in [6.07, 6.45) is 5.36. The van der Waals surface area contributed by atoms with Crippen LogP contribution in [0.25, 0.3) is 17.0 Å². The summed E-state index contributed by atoms with van der Waals surface area (Å²) in [5.74, 6) is 0.418. The molecule has 25 heavy (non-hydrogen) atoms. The van der Waals surface area contributed by atoms with Crippen LogP contribution in [0.3, 0.4) is 0 Å². The molecule has 2 aromatic heterocycles. The number of amides is 1. The number of benzene rings is 1. The van der Waals surface area contributed by atoms with Crippen LogP contribution in [0.2, 0.25) is 0 Å². The first-order valence-electron chi connectivity index (χ1n) is 7.43. The zero-order valence-electron chi connectivity index (χ0n) is 12.8. The number of nitrogens with one attached hydrogen (secondary N) is 1. The van der Waals surface area contributed by atoms with Gasteiger partial charge in [0.05, 0.1) is 10.4 Å². The number of hydrogen-bond donors (Lipinski definition) is 1. The lowest BCUT2D eigenvalue weighted by molar-refractivity contribution is -0.115. The topological polar surface area (TPSA) is 67.2 Å². The maximum atomic E-state index is 12.2. The monoisotopic (exact) mass is 458 g/mol. The zero-order chi connectivity index (χ0) is 17.2. The van der Waals surface area contributed by atoms with Crippen molar-refractivity contribution in [3.8, 4) is 0 Å². The van der Waals surface area contributed by atoms with Gasteiger partial charge in [0.15, 0.2) is 11.0 Å². The minimum Gasteiger partial charge on any atom is -0.300 e. The summed E-state index contributed by atoms with van der Waals surface area (Å²) in [6, 6.07) is 13.6. The first-order chi connectivity index (χ1) is 12.2. The van der Waals surface area contributed by atoms with Crippen LogP contribution in [0.15, 0.2) is 64.8 Å². The van der Waals surface area contributed by atoms with Crippen LogP contribution in [-0.4, -0.2) is 21.0 Å². The highest BCUT2D eigenvalue weighted by Crippen LogP contribution is 2.28. The highest BCUT2D eigenvalue weighted by Gasteiger charge is 2.23. The summed E-state index contributed by atoms with van der Waals surface area (Å²) in [6.45, 7) is 0.